The Hall–Kier alpha value is -2.54. The highest BCUT2D eigenvalue weighted by Gasteiger charge is 2.22. The van der Waals surface area contributed by atoms with E-state index in [9.17, 15) is 14.0 Å². The van der Waals surface area contributed by atoms with Gasteiger partial charge < -0.3 is 10.1 Å². The Morgan fingerprint density at radius 1 is 1.40 bits per heavy atom. The molecular weight excluding hydrogens is 289 g/mol. The molecule has 1 aromatic carbocycles. The number of aromatic nitrogens is 1. The van der Waals surface area contributed by atoms with Crippen LogP contribution < -0.4 is 0 Å². The van der Waals surface area contributed by atoms with Gasteiger partial charge in [-0.1, -0.05) is 0 Å². The molecule has 1 heterocycles. The third-order valence-electron chi connectivity index (χ3n) is 2.66. The average Bonchev–Trinajstić information content (AvgIpc) is 2.83. The number of halogens is 2. The summed E-state index contributed by atoms with van der Waals surface area (Å²) in [5, 5.41) is 13.1. The van der Waals surface area contributed by atoms with E-state index in [-0.39, 0.29) is 27.9 Å². The lowest BCUT2D eigenvalue weighted by Gasteiger charge is -2.02. The molecule has 8 heteroatoms. The van der Waals surface area contributed by atoms with Crippen molar-refractivity contribution in [2.24, 2.45) is 4.99 Å². The molecule has 6 nitrogen and oxygen atoms in total. The van der Waals surface area contributed by atoms with Gasteiger partial charge in [0.05, 0.1) is 11.1 Å². The highest BCUT2D eigenvalue weighted by atomic mass is 35.5. The first-order chi connectivity index (χ1) is 9.47. The van der Waals surface area contributed by atoms with E-state index < -0.39 is 16.8 Å². The minimum atomic E-state index is -1.23. The molecular formula is C12H8ClFN3O3+. The van der Waals surface area contributed by atoms with Crippen molar-refractivity contribution in [3.8, 4) is 0 Å². The molecule has 0 unspecified atom stereocenters. The Morgan fingerprint density at radius 3 is 2.70 bits per heavy atom. The van der Waals surface area contributed by atoms with Crippen molar-refractivity contribution in [1.29, 1.82) is 5.41 Å². The lowest BCUT2D eigenvalue weighted by Crippen LogP contribution is -2.07. The van der Waals surface area contributed by atoms with Gasteiger partial charge in [-0.25, -0.2) is 4.39 Å². The second-order valence-corrected chi connectivity index (χ2v) is 4.10. The van der Waals surface area contributed by atoms with E-state index in [1.165, 1.54) is 6.07 Å². The van der Waals surface area contributed by atoms with Gasteiger partial charge in [-0.3, -0.25) is 15.0 Å². The van der Waals surface area contributed by atoms with Crippen molar-refractivity contribution >= 4 is 45.8 Å². The van der Waals surface area contributed by atoms with E-state index in [4.69, 9.17) is 22.1 Å². The number of fused-ring (bicyclic) bond motifs is 1. The second kappa shape index (κ2) is 5.22. The highest BCUT2D eigenvalue weighted by Crippen LogP contribution is 2.26. The summed E-state index contributed by atoms with van der Waals surface area (Å²) in [6.45, 7) is 0. The van der Waals surface area contributed by atoms with Crippen LogP contribution in [-0.4, -0.2) is 33.4 Å². The van der Waals surface area contributed by atoms with Crippen LogP contribution in [0.25, 0.3) is 10.9 Å². The van der Waals surface area contributed by atoms with Crippen molar-refractivity contribution in [3.63, 3.8) is 0 Å². The van der Waals surface area contributed by atoms with E-state index in [1.54, 1.807) is 0 Å². The Labute approximate surface area is 116 Å². The number of aliphatic imine (C=N–C) groups is 1. The van der Waals surface area contributed by atoms with Gasteiger partial charge in [0.1, 0.15) is 5.82 Å². The fourth-order valence-corrected chi connectivity index (χ4v) is 1.93. The fourth-order valence-electron chi connectivity index (χ4n) is 1.82. The van der Waals surface area contributed by atoms with E-state index >= 15 is 0 Å². The molecule has 20 heavy (non-hydrogen) atoms. The number of carbonyl (C=O) groups is 2. The van der Waals surface area contributed by atoms with E-state index in [0.29, 0.717) is 6.40 Å². The Bertz CT molecular complexity index is 767. The largest absolute Gasteiger partial charge is 0.584 e. The SMILES string of the molecule is N=C(N=C[OH2+])c1ccc(F)c2c(C(=O)C(=O)Cl)c[nH]c12. The van der Waals surface area contributed by atoms with Crippen LogP contribution in [-0.2, 0) is 4.79 Å². The number of benzene rings is 1. The summed E-state index contributed by atoms with van der Waals surface area (Å²) in [7, 11) is 0. The standard InChI is InChI=1S/C12H7ClFN3O3/c13-11(20)10(19)6-3-16-9-5(12(15)17-4-18)1-2-7(14)8(6)9/h1-4,16H,(H2,15,17,18)/p+1. The molecule has 0 atom stereocenters. The first-order valence-electron chi connectivity index (χ1n) is 5.29. The zero-order valence-corrected chi connectivity index (χ0v) is 10.6. The van der Waals surface area contributed by atoms with Gasteiger partial charge in [0.25, 0.3) is 5.24 Å². The number of aromatic amines is 1. The number of amidine groups is 1. The molecule has 1 aromatic heterocycles. The summed E-state index contributed by atoms with van der Waals surface area (Å²) in [6.07, 6.45) is 1.83. The molecule has 0 spiro atoms. The number of rotatable bonds is 3. The third-order valence-corrected chi connectivity index (χ3v) is 2.83. The minimum absolute atomic E-state index is 0.133. The fraction of sp³-hybridized carbons (Fsp3) is 0. The Morgan fingerprint density at radius 2 is 2.10 bits per heavy atom. The number of H-pyrrole nitrogens is 1. The third kappa shape index (κ3) is 2.19. The number of hydrogen-bond acceptors (Lipinski definition) is 3. The molecule has 0 aliphatic rings. The molecule has 0 saturated carbocycles. The number of ketones is 1. The summed E-state index contributed by atoms with van der Waals surface area (Å²) in [4.78, 5) is 28.6. The number of nitrogens with zero attached hydrogens (tertiary/aromatic N) is 1. The molecule has 0 fully saturated rings. The smallest absolute Gasteiger partial charge is 0.320 e. The number of hydrogen-bond donors (Lipinski definition) is 2. The first kappa shape index (κ1) is 13.9. The van der Waals surface area contributed by atoms with Crippen LogP contribution in [0.3, 0.4) is 0 Å². The Kier molecular flexibility index (Phi) is 3.62. The van der Waals surface area contributed by atoms with E-state index in [0.717, 1.165) is 12.3 Å². The van der Waals surface area contributed by atoms with Gasteiger partial charge in [0.2, 0.25) is 5.78 Å². The van der Waals surface area contributed by atoms with E-state index in [1.807, 2.05) is 0 Å². The van der Waals surface area contributed by atoms with Crippen LogP contribution in [0, 0.1) is 11.2 Å². The van der Waals surface area contributed by atoms with Gasteiger partial charge in [-0.2, -0.15) is 4.99 Å². The molecule has 0 aliphatic carbocycles. The zero-order valence-electron chi connectivity index (χ0n) is 9.83. The normalized spacial score (nSPS) is 11.1. The van der Waals surface area contributed by atoms with Crippen molar-refractivity contribution in [2.75, 3.05) is 0 Å². The zero-order chi connectivity index (χ0) is 14.9. The monoisotopic (exact) mass is 296 g/mol. The summed E-state index contributed by atoms with van der Waals surface area (Å²) in [5.41, 5.74) is 0.134. The summed E-state index contributed by atoms with van der Waals surface area (Å²) < 4.78 is 13.9. The second-order valence-electron chi connectivity index (χ2n) is 3.76. The average molecular weight is 297 g/mol. The number of Topliss-reactive ketones (excluding diaryl/α,β-unsaturated/α-hetero) is 1. The quantitative estimate of drug-likeness (QED) is 0.222. The lowest BCUT2D eigenvalue weighted by molar-refractivity contribution is -0.108. The summed E-state index contributed by atoms with van der Waals surface area (Å²) >= 11 is 5.11. The topological polar surface area (TPSA) is 109 Å². The van der Waals surface area contributed by atoms with Crippen molar-refractivity contribution in [1.82, 2.24) is 4.98 Å². The molecule has 2 rings (SSSR count). The summed E-state index contributed by atoms with van der Waals surface area (Å²) in [5.74, 6) is -2.04. The van der Waals surface area contributed by atoms with E-state index in [2.05, 4.69) is 9.98 Å². The molecule has 0 aliphatic heterocycles. The summed E-state index contributed by atoms with van der Waals surface area (Å²) in [6, 6.07) is 2.34. The van der Waals surface area contributed by atoms with Crippen LogP contribution in [0.1, 0.15) is 15.9 Å². The van der Waals surface area contributed by atoms with Crippen molar-refractivity contribution in [2.45, 2.75) is 0 Å². The van der Waals surface area contributed by atoms with Gasteiger partial charge in [0, 0.05) is 17.1 Å². The highest BCUT2D eigenvalue weighted by molar-refractivity contribution is 6.83. The molecule has 102 valence electrons. The maximum absolute atomic E-state index is 13.9. The lowest BCUT2D eigenvalue weighted by atomic mass is 10.1. The molecule has 4 N–H and O–H groups in total. The number of carbonyl (C=O) groups excluding carboxylic acids is 2. The van der Waals surface area contributed by atoms with Crippen LogP contribution >= 0.6 is 11.6 Å². The molecule has 0 bridgehead atoms. The van der Waals surface area contributed by atoms with Crippen LogP contribution in [0.4, 0.5) is 4.39 Å². The van der Waals surface area contributed by atoms with Gasteiger partial charge in [-0.15, -0.1) is 0 Å². The number of nitrogens with one attached hydrogen (secondary N) is 2. The predicted molar refractivity (Wildman–Crippen MR) is 72.4 cm³/mol. The predicted octanol–water partition coefficient (Wildman–Crippen LogP) is 1.33. The van der Waals surface area contributed by atoms with Gasteiger partial charge in [0.15, 0.2) is 5.84 Å². The van der Waals surface area contributed by atoms with Crippen molar-refractivity contribution < 1.29 is 19.1 Å². The van der Waals surface area contributed by atoms with Crippen molar-refractivity contribution in [3.05, 3.63) is 35.3 Å². The van der Waals surface area contributed by atoms with Crippen LogP contribution in [0.15, 0.2) is 23.3 Å². The van der Waals surface area contributed by atoms with Crippen LogP contribution in [0.5, 0.6) is 0 Å². The minimum Gasteiger partial charge on any atom is -0.584 e. The Balaban J connectivity index is 2.74. The molecule has 0 amide bonds. The molecule has 2 aromatic rings. The molecule has 0 radical (unpaired) electrons. The first-order valence-corrected chi connectivity index (χ1v) is 5.67. The van der Waals surface area contributed by atoms with Gasteiger partial charge in [-0.05, 0) is 23.7 Å². The maximum atomic E-state index is 13.9. The van der Waals surface area contributed by atoms with Crippen LogP contribution in [0.2, 0.25) is 0 Å². The van der Waals surface area contributed by atoms with Gasteiger partial charge >= 0.3 is 6.40 Å². The molecule has 0 saturated heterocycles. The maximum Gasteiger partial charge on any atom is 0.320 e.